The minimum Gasteiger partial charge on any atom is -0.369 e. The third-order valence-corrected chi connectivity index (χ3v) is 3.69. The molecule has 21 heavy (non-hydrogen) atoms. The van der Waals surface area contributed by atoms with Crippen molar-refractivity contribution in [2.24, 2.45) is 10.8 Å². The molecular weight excluding hydrogens is 266 g/mol. The predicted molar refractivity (Wildman–Crippen MR) is 85.7 cm³/mol. The molecule has 1 saturated heterocycles. The fraction of sp³-hybridized carbons (Fsp3) is 0.467. The fourth-order valence-electron chi connectivity index (χ4n) is 2.44. The number of hydrazone groups is 1. The summed E-state index contributed by atoms with van der Waals surface area (Å²) in [6.07, 6.45) is 1.57. The fourth-order valence-corrected chi connectivity index (χ4v) is 2.44. The van der Waals surface area contributed by atoms with E-state index in [9.17, 15) is 4.79 Å². The number of urea groups is 1. The number of rotatable bonds is 4. The number of benzene rings is 1. The van der Waals surface area contributed by atoms with Gasteiger partial charge in [-0.1, -0.05) is 12.1 Å². The Hall–Kier alpha value is -2.08. The molecule has 2 amide bonds. The Morgan fingerprint density at radius 2 is 1.86 bits per heavy atom. The van der Waals surface area contributed by atoms with Gasteiger partial charge in [0.2, 0.25) is 0 Å². The van der Waals surface area contributed by atoms with E-state index in [2.05, 4.69) is 46.3 Å². The molecule has 0 aromatic heterocycles. The highest BCUT2D eigenvalue weighted by Gasteiger charge is 2.18. The third-order valence-electron chi connectivity index (χ3n) is 3.69. The molecule has 6 heteroatoms. The summed E-state index contributed by atoms with van der Waals surface area (Å²) in [6, 6.07) is 8.08. The maximum absolute atomic E-state index is 10.5. The van der Waals surface area contributed by atoms with Crippen molar-refractivity contribution in [2.75, 3.05) is 31.1 Å². The number of nitrogens with zero attached hydrogens (tertiary/aromatic N) is 3. The molecule has 114 valence electrons. The second-order valence-corrected chi connectivity index (χ2v) is 5.44. The number of amides is 2. The van der Waals surface area contributed by atoms with Crippen LogP contribution in [0.5, 0.6) is 0 Å². The lowest BCUT2D eigenvalue weighted by molar-refractivity contribution is 0.209. The second-order valence-electron chi connectivity index (χ2n) is 5.44. The van der Waals surface area contributed by atoms with Crippen molar-refractivity contribution in [1.82, 2.24) is 10.3 Å². The number of nitrogens with two attached hydrogens (primary N) is 1. The minimum atomic E-state index is -0.661. The molecule has 1 fully saturated rings. The van der Waals surface area contributed by atoms with Crippen LogP contribution in [0.3, 0.4) is 0 Å². The molecule has 1 aliphatic heterocycles. The van der Waals surface area contributed by atoms with Gasteiger partial charge in [0.05, 0.1) is 6.21 Å². The van der Waals surface area contributed by atoms with Crippen LogP contribution in [0, 0.1) is 0 Å². The lowest BCUT2D eigenvalue weighted by Crippen LogP contribution is -2.48. The summed E-state index contributed by atoms with van der Waals surface area (Å²) in [5, 5.41) is 3.74. The van der Waals surface area contributed by atoms with Crippen LogP contribution in [0.4, 0.5) is 10.5 Å². The summed E-state index contributed by atoms with van der Waals surface area (Å²) < 4.78 is 0. The van der Waals surface area contributed by atoms with Crippen molar-refractivity contribution in [1.29, 1.82) is 0 Å². The SMILES string of the molecule is CC(C)N1CCN(c2ccc(C=NNC(N)=O)cc2)CC1. The van der Waals surface area contributed by atoms with Crippen LogP contribution < -0.4 is 16.1 Å². The molecule has 0 radical (unpaired) electrons. The summed E-state index contributed by atoms with van der Waals surface area (Å²) in [5.41, 5.74) is 9.26. The maximum atomic E-state index is 10.5. The number of carbonyl (C=O) groups is 1. The van der Waals surface area contributed by atoms with Crippen molar-refractivity contribution in [3.8, 4) is 0 Å². The van der Waals surface area contributed by atoms with Gasteiger partial charge in [0.1, 0.15) is 0 Å². The first-order valence-electron chi connectivity index (χ1n) is 7.24. The average Bonchev–Trinajstić information content (AvgIpc) is 2.48. The topological polar surface area (TPSA) is 74.0 Å². The molecule has 6 nitrogen and oxygen atoms in total. The molecule has 0 unspecified atom stereocenters. The van der Waals surface area contributed by atoms with E-state index in [0.717, 1.165) is 31.7 Å². The number of primary amides is 1. The summed E-state index contributed by atoms with van der Waals surface area (Å²) in [4.78, 5) is 15.4. The molecule has 2 rings (SSSR count). The zero-order valence-electron chi connectivity index (χ0n) is 12.6. The molecule has 0 aliphatic carbocycles. The number of nitrogens with one attached hydrogen (secondary N) is 1. The van der Waals surface area contributed by atoms with Gasteiger partial charge >= 0.3 is 6.03 Å². The summed E-state index contributed by atoms with van der Waals surface area (Å²) in [5.74, 6) is 0. The molecule has 0 saturated carbocycles. The number of anilines is 1. The van der Waals surface area contributed by atoms with E-state index in [4.69, 9.17) is 5.73 Å². The molecule has 1 heterocycles. The Kier molecular flexibility index (Phi) is 5.16. The molecule has 1 aromatic rings. The molecule has 0 spiro atoms. The van der Waals surface area contributed by atoms with E-state index in [1.807, 2.05) is 12.1 Å². The Balaban J connectivity index is 1.91. The monoisotopic (exact) mass is 289 g/mol. The number of hydrogen-bond donors (Lipinski definition) is 2. The van der Waals surface area contributed by atoms with E-state index in [1.165, 1.54) is 5.69 Å². The molecule has 1 aliphatic rings. The Labute approximate surface area is 125 Å². The van der Waals surface area contributed by atoms with Crippen LogP contribution in [0.25, 0.3) is 0 Å². The van der Waals surface area contributed by atoms with Crippen LogP contribution in [0.2, 0.25) is 0 Å². The van der Waals surface area contributed by atoms with Gasteiger partial charge in [-0.05, 0) is 31.5 Å². The largest absolute Gasteiger partial charge is 0.369 e. The van der Waals surface area contributed by atoms with Gasteiger partial charge in [0, 0.05) is 37.9 Å². The van der Waals surface area contributed by atoms with E-state index in [0.29, 0.717) is 6.04 Å². The first-order chi connectivity index (χ1) is 10.1. The zero-order chi connectivity index (χ0) is 15.2. The highest BCUT2D eigenvalue weighted by atomic mass is 16.2. The summed E-state index contributed by atoms with van der Waals surface area (Å²) in [6.45, 7) is 8.78. The lowest BCUT2D eigenvalue weighted by Gasteiger charge is -2.38. The lowest BCUT2D eigenvalue weighted by atomic mass is 10.2. The Morgan fingerprint density at radius 3 is 2.38 bits per heavy atom. The maximum Gasteiger partial charge on any atom is 0.332 e. The van der Waals surface area contributed by atoms with Crippen LogP contribution in [0.1, 0.15) is 19.4 Å². The van der Waals surface area contributed by atoms with Crippen molar-refractivity contribution in [3.63, 3.8) is 0 Å². The number of piperazine rings is 1. The first kappa shape index (κ1) is 15.3. The van der Waals surface area contributed by atoms with Crippen molar-refractivity contribution in [3.05, 3.63) is 29.8 Å². The Morgan fingerprint density at radius 1 is 1.24 bits per heavy atom. The zero-order valence-corrected chi connectivity index (χ0v) is 12.6. The van der Waals surface area contributed by atoms with Crippen LogP contribution >= 0.6 is 0 Å². The van der Waals surface area contributed by atoms with E-state index in [-0.39, 0.29) is 0 Å². The minimum absolute atomic E-state index is 0.614. The third kappa shape index (κ3) is 4.46. The highest BCUT2D eigenvalue weighted by molar-refractivity contribution is 5.82. The average molecular weight is 289 g/mol. The van der Waals surface area contributed by atoms with Gasteiger partial charge in [-0.25, -0.2) is 10.2 Å². The highest BCUT2D eigenvalue weighted by Crippen LogP contribution is 2.17. The smallest absolute Gasteiger partial charge is 0.332 e. The van der Waals surface area contributed by atoms with Crippen LogP contribution in [-0.2, 0) is 0 Å². The molecular formula is C15H23N5O. The molecule has 1 aromatic carbocycles. The van der Waals surface area contributed by atoms with Crippen molar-refractivity contribution >= 4 is 17.9 Å². The van der Waals surface area contributed by atoms with Gasteiger partial charge < -0.3 is 10.6 Å². The standard InChI is InChI=1S/C15H23N5O/c1-12(2)19-7-9-20(10-8-19)14-5-3-13(4-6-14)11-17-18-15(16)21/h3-6,11-12H,7-10H2,1-2H3,(H3,16,18,21). The Bertz CT molecular complexity index is 489. The summed E-state index contributed by atoms with van der Waals surface area (Å²) >= 11 is 0. The van der Waals surface area contributed by atoms with Crippen molar-refractivity contribution < 1.29 is 4.79 Å². The van der Waals surface area contributed by atoms with Crippen LogP contribution in [-0.4, -0.2) is 49.4 Å². The van der Waals surface area contributed by atoms with E-state index in [1.54, 1.807) is 6.21 Å². The number of hydrogen-bond acceptors (Lipinski definition) is 4. The van der Waals surface area contributed by atoms with Crippen LogP contribution in [0.15, 0.2) is 29.4 Å². The number of carbonyl (C=O) groups excluding carboxylic acids is 1. The normalized spacial score (nSPS) is 16.6. The van der Waals surface area contributed by atoms with Crippen molar-refractivity contribution in [2.45, 2.75) is 19.9 Å². The first-order valence-corrected chi connectivity index (χ1v) is 7.24. The molecule has 0 bridgehead atoms. The predicted octanol–water partition coefficient (Wildman–Crippen LogP) is 1.22. The molecule has 3 N–H and O–H groups in total. The summed E-state index contributed by atoms with van der Waals surface area (Å²) in [7, 11) is 0. The van der Waals surface area contributed by atoms with E-state index < -0.39 is 6.03 Å². The van der Waals surface area contributed by atoms with E-state index >= 15 is 0 Å². The quantitative estimate of drug-likeness (QED) is 0.646. The van der Waals surface area contributed by atoms with Gasteiger partial charge in [0.15, 0.2) is 0 Å². The van der Waals surface area contributed by atoms with Gasteiger partial charge in [-0.15, -0.1) is 0 Å². The van der Waals surface area contributed by atoms with Gasteiger partial charge in [-0.2, -0.15) is 5.10 Å². The molecule has 0 atom stereocenters. The second kappa shape index (κ2) is 7.08. The van der Waals surface area contributed by atoms with Gasteiger partial charge in [-0.3, -0.25) is 4.90 Å². The van der Waals surface area contributed by atoms with Gasteiger partial charge in [0.25, 0.3) is 0 Å².